The lowest BCUT2D eigenvalue weighted by Gasteiger charge is -2.34. The highest BCUT2D eigenvalue weighted by Crippen LogP contribution is 2.26. The van der Waals surface area contributed by atoms with Gasteiger partial charge in [-0.3, -0.25) is 9.52 Å². The van der Waals surface area contributed by atoms with E-state index in [2.05, 4.69) is 15.4 Å². The minimum Gasteiger partial charge on any atom is -0.368 e. The lowest BCUT2D eigenvalue weighted by molar-refractivity contribution is -0.140. The van der Waals surface area contributed by atoms with Crippen molar-refractivity contribution in [3.8, 4) is 0 Å². The fourth-order valence-electron chi connectivity index (χ4n) is 3.07. The van der Waals surface area contributed by atoms with Gasteiger partial charge in [0.05, 0.1) is 10.6 Å². The molecule has 0 atom stereocenters. The molecular formula is C19H23N3O4S. The van der Waals surface area contributed by atoms with E-state index in [0.717, 1.165) is 0 Å². The number of rotatable bonds is 6. The minimum absolute atomic E-state index is 0.174. The summed E-state index contributed by atoms with van der Waals surface area (Å²) in [6, 6.07) is 14.7. The van der Waals surface area contributed by atoms with Gasteiger partial charge in [-0.25, -0.2) is 8.42 Å². The van der Waals surface area contributed by atoms with Gasteiger partial charge >= 0.3 is 0 Å². The number of piperidine rings is 1. The number of benzene rings is 2. The van der Waals surface area contributed by atoms with Crippen LogP contribution in [0.2, 0.25) is 0 Å². The summed E-state index contributed by atoms with van der Waals surface area (Å²) in [5.41, 5.74) is 0.00166. The smallest absolute Gasteiger partial charge is 0.261 e. The molecule has 8 heteroatoms. The average Bonchev–Trinajstić information content (AvgIpc) is 2.69. The Morgan fingerprint density at radius 3 is 2.37 bits per heavy atom. The summed E-state index contributed by atoms with van der Waals surface area (Å²) in [4.78, 5) is 12.9. The molecule has 1 heterocycles. The molecular weight excluding hydrogens is 366 g/mol. The third-order valence-electron chi connectivity index (χ3n) is 4.64. The molecule has 1 aliphatic heterocycles. The Hall–Kier alpha value is -2.42. The van der Waals surface area contributed by atoms with Gasteiger partial charge in [-0.15, -0.1) is 0 Å². The molecule has 0 aromatic heterocycles. The Morgan fingerprint density at radius 2 is 1.70 bits per heavy atom. The third kappa shape index (κ3) is 4.47. The number of anilines is 2. The highest BCUT2D eigenvalue weighted by atomic mass is 32.2. The van der Waals surface area contributed by atoms with Crippen molar-refractivity contribution >= 4 is 27.3 Å². The molecule has 2 aromatic rings. The fraction of sp³-hybridized carbons (Fsp3) is 0.316. The molecule has 1 aliphatic rings. The van der Waals surface area contributed by atoms with Crippen molar-refractivity contribution in [2.45, 2.75) is 23.3 Å². The maximum Gasteiger partial charge on any atom is 0.261 e. The Labute approximate surface area is 159 Å². The van der Waals surface area contributed by atoms with E-state index in [9.17, 15) is 13.2 Å². The number of carbonyl (C=O) groups excluding carboxylic acids is 1. The van der Waals surface area contributed by atoms with Gasteiger partial charge in [0.1, 0.15) is 5.60 Å². The largest absolute Gasteiger partial charge is 0.368 e. The number of ether oxygens (including phenoxy) is 1. The first-order valence-electron chi connectivity index (χ1n) is 8.70. The predicted molar refractivity (Wildman–Crippen MR) is 104 cm³/mol. The Balaban J connectivity index is 1.75. The van der Waals surface area contributed by atoms with Crippen molar-refractivity contribution in [1.82, 2.24) is 5.32 Å². The lowest BCUT2D eigenvalue weighted by Crippen LogP contribution is -2.51. The highest BCUT2D eigenvalue weighted by Gasteiger charge is 2.39. The van der Waals surface area contributed by atoms with Gasteiger partial charge in [-0.1, -0.05) is 24.3 Å². The first-order chi connectivity index (χ1) is 13.0. The van der Waals surface area contributed by atoms with E-state index in [0.29, 0.717) is 37.3 Å². The molecule has 7 nitrogen and oxygen atoms in total. The number of hydrogen-bond donors (Lipinski definition) is 3. The van der Waals surface area contributed by atoms with Crippen molar-refractivity contribution in [2.75, 3.05) is 30.2 Å². The van der Waals surface area contributed by atoms with Crippen LogP contribution in [0, 0.1) is 0 Å². The van der Waals surface area contributed by atoms with Gasteiger partial charge in [0.25, 0.3) is 15.9 Å². The van der Waals surface area contributed by atoms with Crippen molar-refractivity contribution in [1.29, 1.82) is 0 Å². The van der Waals surface area contributed by atoms with E-state index in [1.54, 1.807) is 42.5 Å². The third-order valence-corrected chi connectivity index (χ3v) is 6.04. The van der Waals surface area contributed by atoms with E-state index in [1.165, 1.54) is 19.2 Å². The Kier molecular flexibility index (Phi) is 5.79. The molecule has 1 fully saturated rings. The standard InChI is InChI=1S/C19H23N3O4S/c1-26-19(10-12-20-13-11-19)18(23)21-15-6-5-7-16(14-15)22-27(24,25)17-8-3-2-4-9-17/h2-9,14,20,22H,10-13H2,1H3,(H,21,23). The summed E-state index contributed by atoms with van der Waals surface area (Å²) in [7, 11) is -2.15. The van der Waals surface area contributed by atoms with Crippen molar-refractivity contribution in [3.63, 3.8) is 0 Å². The van der Waals surface area contributed by atoms with E-state index in [4.69, 9.17) is 4.74 Å². The zero-order valence-electron chi connectivity index (χ0n) is 15.1. The van der Waals surface area contributed by atoms with Gasteiger partial charge in [-0.2, -0.15) is 0 Å². The molecule has 3 rings (SSSR count). The average molecular weight is 389 g/mol. The van der Waals surface area contributed by atoms with Crippen LogP contribution in [0.3, 0.4) is 0 Å². The number of carbonyl (C=O) groups is 1. The monoisotopic (exact) mass is 389 g/mol. The fourth-order valence-corrected chi connectivity index (χ4v) is 4.14. The summed E-state index contributed by atoms with van der Waals surface area (Å²) in [5.74, 6) is -0.227. The van der Waals surface area contributed by atoms with Crippen LogP contribution in [0.1, 0.15) is 12.8 Å². The van der Waals surface area contributed by atoms with Crippen LogP contribution in [0.25, 0.3) is 0 Å². The molecule has 0 bridgehead atoms. The van der Waals surface area contributed by atoms with Crippen LogP contribution in [0.5, 0.6) is 0 Å². The van der Waals surface area contributed by atoms with Crippen LogP contribution in [0.4, 0.5) is 11.4 Å². The Morgan fingerprint density at radius 1 is 1.04 bits per heavy atom. The number of nitrogens with one attached hydrogen (secondary N) is 3. The molecule has 0 aliphatic carbocycles. The van der Waals surface area contributed by atoms with Crippen LogP contribution in [-0.4, -0.2) is 40.1 Å². The van der Waals surface area contributed by atoms with Crippen molar-refractivity contribution in [3.05, 3.63) is 54.6 Å². The van der Waals surface area contributed by atoms with E-state index < -0.39 is 15.6 Å². The van der Waals surface area contributed by atoms with Gasteiger partial charge < -0.3 is 15.4 Å². The number of methoxy groups -OCH3 is 1. The summed E-state index contributed by atoms with van der Waals surface area (Å²) < 4.78 is 33.0. The number of hydrogen-bond acceptors (Lipinski definition) is 5. The maximum atomic E-state index is 12.7. The molecule has 27 heavy (non-hydrogen) atoms. The highest BCUT2D eigenvalue weighted by molar-refractivity contribution is 7.92. The van der Waals surface area contributed by atoms with Gasteiger partial charge in [0, 0.05) is 12.8 Å². The van der Waals surface area contributed by atoms with Crippen LogP contribution in [0.15, 0.2) is 59.5 Å². The molecule has 1 amide bonds. The molecule has 0 unspecified atom stereocenters. The van der Waals surface area contributed by atoms with Gasteiger partial charge in [-0.05, 0) is 56.3 Å². The summed E-state index contributed by atoms with van der Waals surface area (Å²) in [6.45, 7) is 1.41. The van der Waals surface area contributed by atoms with Gasteiger partial charge in [0.15, 0.2) is 0 Å². The quantitative estimate of drug-likeness (QED) is 0.704. The van der Waals surface area contributed by atoms with Crippen LogP contribution in [-0.2, 0) is 19.6 Å². The Bertz CT molecular complexity index is 894. The van der Waals surface area contributed by atoms with Crippen LogP contribution < -0.4 is 15.4 Å². The zero-order chi connectivity index (χ0) is 19.3. The van der Waals surface area contributed by atoms with E-state index in [1.807, 2.05) is 0 Å². The molecule has 0 saturated carbocycles. The zero-order valence-corrected chi connectivity index (χ0v) is 15.9. The first-order valence-corrected chi connectivity index (χ1v) is 10.2. The second-order valence-electron chi connectivity index (χ2n) is 6.40. The molecule has 144 valence electrons. The first kappa shape index (κ1) is 19.3. The molecule has 0 radical (unpaired) electrons. The van der Waals surface area contributed by atoms with Gasteiger partial charge in [0.2, 0.25) is 0 Å². The minimum atomic E-state index is -3.69. The topological polar surface area (TPSA) is 96.5 Å². The molecule has 3 N–H and O–H groups in total. The summed E-state index contributed by atoms with van der Waals surface area (Å²) >= 11 is 0. The molecule has 1 saturated heterocycles. The van der Waals surface area contributed by atoms with E-state index in [-0.39, 0.29) is 10.8 Å². The second-order valence-corrected chi connectivity index (χ2v) is 8.08. The normalized spacial score (nSPS) is 16.5. The number of sulfonamides is 1. The van der Waals surface area contributed by atoms with Crippen molar-refractivity contribution < 1.29 is 17.9 Å². The summed E-state index contributed by atoms with van der Waals surface area (Å²) in [6.07, 6.45) is 1.16. The second kappa shape index (κ2) is 8.08. The lowest BCUT2D eigenvalue weighted by atomic mass is 9.91. The maximum absolute atomic E-state index is 12.7. The SMILES string of the molecule is COC1(C(=O)Nc2cccc(NS(=O)(=O)c3ccccc3)c2)CCNCC1. The van der Waals surface area contributed by atoms with Crippen molar-refractivity contribution in [2.24, 2.45) is 0 Å². The summed E-state index contributed by atoms with van der Waals surface area (Å²) in [5, 5.41) is 6.05. The predicted octanol–water partition coefficient (Wildman–Crippen LogP) is 2.19. The number of amides is 1. The molecule has 2 aromatic carbocycles. The van der Waals surface area contributed by atoms with Crippen LogP contribution >= 0.6 is 0 Å². The molecule has 0 spiro atoms. The van der Waals surface area contributed by atoms with E-state index >= 15 is 0 Å².